The highest BCUT2D eigenvalue weighted by molar-refractivity contribution is 5.50. The van der Waals surface area contributed by atoms with Crippen molar-refractivity contribution in [2.75, 3.05) is 0 Å². The van der Waals surface area contributed by atoms with E-state index >= 15 is 0 Å². The van der Waals surface area contributed by atoms with Gasteiger partial charge in [-0.1, -0.05) is 73.7 Å². The molecule has 0 spiro atoms. The molecule has 2 N–H and O–H groups in total. The van der Waals surface area contributed by atoms with Gasteiger partial charge in [-0.3, -0.25) is 0 Å². The zero-order chi connectivity index (χ0) is 13.5. The maximum absolute atomic E-state index is 6.12. The number of aryl methyl sites for hydroxylation is 1. The Hall–Kier alpha value is -1.86. The molecule has 0 amide bonds. The van der Waals surface area contributed by atoms with Crippen molar-refractivity contribution in [2.24, 2.45) is 5.73 Å². The summed E-state index contributed by atoms with van der Waals surface area (Å²) in [5.41, 5.74) is 9.98. The third-order valence-electron chi connectivity index (χ3n) is 3.24. The average Bonchev–Trinajstić information content (AvgIpc) is 2.47. The zero-order valence-corrected chi connectivity index (χ0v) is 11.4. The smallest absolute Gasteiger partial charge is 0.0267 e. The van der Waals surface area contributed by atoms with Crippen LogP contribution in [0.3, 0.4) is 0 Å². The third-order valence-corrected chi connectivity index (χ3v) is 3.24. The van der Waals surface area contributed by atoms with E-state index in [1.54, 1.807) is 0 Å². The summed E-state index contributed by atoms with van der Waals surface area (Å²) in [6, 6.07) is 19.0. The molecule has 1 heteroatoms. The number of rotatable bonds is 5. The van der Waals surface area contributed by atoms with Crippen LogP contribution in [0.15, 0.2) is 60.7 Å². The molecule has 0 aliphatic heterocycles. The Labute approximate surface area is 115 Å². The van der Waals surface area contributed by atoms with E-state index in [1.807, 2.05) is 6.07 Å². The molecule has 1 unspecified atom stereocenters. The van der Waals surface area contributed by atoms with Gasteiger partial charge in [-0.2, -0.15) is 0 Å². The average molecular weight is 251 g/mol. The lowest BCUT2D eigenvalue weighted by Gasteiger charge is -2.06. The topological polar surface area (TPSA) is 26.0 Å². The Morgan fingerprint density at radius 2 is 1.63 bits per heavy atom. The van der Waals surface area contributed by atoms with Crippen molar-refractivity contribution in [1.29, 1.82) is 0 Å². The molecule has 0 aliphatic carbocycles. The summed E-state index contributed by atoms with van der Waals surface area (Å²) < 4.78 is 0. The SMILES string of the molecule is CCc1ccc(/C=C/C(N)Cc2ccccc2)cc1. The summed E-state index contributed by atoms with van der Waals surface area (Å²) in [5.74, 6) is 0. The van der Waals surface area contributed by atoms with E-state index in [4.69, 9.17) is 5.73 Å². The highest BCUT2D eigenvalue weighted by Crippen LogP contribution is 2.08. The second-order valence-corrected chi connectivity index (χ2v) is 4.81. The van der Waals surface area contributed by atoms with Crippen molar-refractivity contribution >= 4 is 6.08 Å². The number of hydrogen-bond donors (Lipinski definition) is 1. The van der Waals surface area contributed by atoms with Gasteiger partial charge in [-0.05, 0) is 29.5 Å². The maximum Gasteiger partial charge on any atom is 0.0267 e. The van der Waals surface area contributed by atoms with Crippen LogP contribution in [0.5, 0.6) is 0 Å². The first-order valence-electron chi connectivity index (χ1n) is 6.84. The van der Waals surface area contributed by atoms with E-state index < -0.39 is 0 Å². The van der Waals surface area contributed by atoms with Gasteiger partial charge in [-0.15, -0.1) is 0 Å². The van der Waals surface area contributed by atoms with Crippen molar-refractivity contribution in [3.05, 3.63) is 77.4 Å². The predicted octanol–water partition coefficient (Wildman–Crippen LogP) is 3.83. The first-order valence-corrected chi connectivity index (χ1v) is 6.84. The zero-order valence-electron chi connectivity index (χ0n) is 11.4. The standard InChI is InChI=1S/C18H21N/c1-2-15-8-10-16(11-9-15)12-13-18(19)14-17-6-4-3-5-7-17/h3-13,18H,2,14,19H2,1H3/b13-12+. The summed E-state index contributed by atoms with van der Waals surface area (Å²) in [7, 11) is 0. The largest absolute Gasteiger partial charge is 0.324 e. The molecule has 0 saturated heterocycles. The number of nitrogens with two attached hydrogens (primary N) is 1. The molecule has 0 fully saturated rings. The molecular formula is C18H21N. The maximum atomic E-state index is 6.12. The van der Waals surface area contributed by atoms with Crippen LogP contribution in [-0.2, 0) is 12.8 Å². The van der Waals surface area contributed by atoms with Crippen molar-refractivity contribution < 1.29 is 0 Å². The van der Waals surface area contributed by atoms with Gasteiger partial charge in [0.25, 0.3) is 0 Å². The third kappa shape index (κ3) is 4.38. The first kappa shape index (κ1) is 13.6. The van der Waals surface area contributed by atoms with Gasteiger partial charge < -0.3 is 5.73 Å². The Morgan fingerprint density at radius 3 is 2.26 bits per heavy atom. The molecule has 2 aromatic rings. The predicted molar refractivity (Wildman–Crippen MR) is 83.0 cm³/mol. The molecule has 0 saturated carbocycles. The van der Waals surface area contributed by atoms with E-state index in [2.05, 4.69) is 67.6 Å². The molecule has 0 heterocycles. The van der Waals surface area contributed by atoms with Gasteiger partial charge in [0.15, 0.2) is 0 Å². The monoisotopic (exact) mass is 251 g/mol. The van der Waals surface area contributed by atoms with Crippen molar-refractivity contribution in [1.82, 2.24) is 0 Å². The molecule has 19 heavy (non-hydrogen) atoms. The summed E-state index contributed by atoms with van der Waals surface area (Å²) >= 11 is 0. The van der Waals surface area contributed by atoms with E-state index in [9.17, 15) is 0 Å². The molecule has 1 nitrogen and oxygen atoms in total. The minimum atomic E-state index is 0.0632. The molecule has 1 atom stereocenters. The molecule has 0 bridgehead atoms. The minimum absolute atomic E-state index is 0.0632. The Kier molecular flexibility index (Phi) is 4.93. The summed E-state index contributed by atoms with van der Waals surface area (Å²) in [5, 5.41) is 0. The Morgan fingerprint density at radius 1 is 0.947 bits per heavy atom. The van der Waals surface area contributed by atoms with Crippen LogP contribution in [0.4, 0.5) is 0 Å². The van der Waals surface area contributed by atoms with Crippen LogP contribution in [0, 0.1) is 0 Å². The number of benzene rings is 2. The van der Waals surface area contributed by atoms with Gasteiger partial charge in [0.2, 0.25) is 0 Å². The van der Waals surface area contributed by atoms with Crippen molar-refractivity contribution in [3.8, 4) is 0 Å². The quantitative estimate of drug-likeness (QED) is 0.858. The molecular weight excluding hydrogens is 230 g/mol. The van der Waals surface area contributed by atoms with E-state index in [0.717, 1.165) is 12.8 Å². The fourth-order valence-corrected chi connectivity index (χ4v) is 2.05. The highest BCUT2D eigenvalue weighted by atomic mass is 14.6. The molecule has 2 rings (SSSR count). The van der Waals surface area contributed by atoms with E-state index in [-0.39, 0.29) is 6.04 Å². The van der Waals surface area contributed by atoms with Crippen LogP contribution in [0.25, 0.3) is 6.08 Å². The van der Waals surface area contributed by atoms with E-state index in [0.29, 0.717) is 0 Å². The molecule has 0 radical (unpaired) electrons. The Bertz CT molecular complexity index is 511. The van der Waals surface area contributed by atoms with Crippen molar-refractivity contribution in [2.45, 2.75) is 25.8 Å². The molecule has 0 aromatic heterocycles. The minimum Gasteiger partial charge on any atom is -0.324 e. The first-order chi connectivity index (χ1) is 9.28. The van der Waals surface area contributed by atoms with Gasteiger partial charge in [0, 0.05) is 6.04 Å². The van der Waals surface area contributed by atoms with Crippen LogP contribution in [0.2, 0.25) is 0 Å². The van der Waals surface area contributed by atoms with Crippen LogP contribution < -0.4 is 5.73 Å². The lowest BCUT2D eigenvalue weighted by molar-refractivity contribution is 0.813. The van der Waals surface area contributed by atoms with Crippen molar-refractivity contribution in [3.63, 3.8) is 0 Å². The van der Waals surface area contributed by atoms with Gasteiger partial charge in [-0.25, -0.2) is 0 Å². The van der Waals surface area contributed by atoms with Crippen LogP contribution in [-0.4, -0.2) is 6.04 Å². The van der Waals surface area contributed by atoms with E-state index in [1.165, 1.54) is 16.7 Å². The van der Waals surface area contributed by atoms with Gasteiger partial charge in [0.1, 0.15) is 0 Å². The normalized spacial score (nSPS) is 12.7. The second kappa shape index (κ2) is 6.91. The molecule has 0 aliphatic rings. The fourth-order valence-electron chi connectivity index (χ4n) is 2.05. The molecule has 2 aromatic carbocycles. The Balaban J connectivity index is 1.94. The van der Waals surface area contributed by atoms with Crippen LogP contribution >= 0.6 is 0 Å². The second-order valence-electron chi connectivity index (χ2n) is 4.81. The number of hydrogen-bond acceptors (Lipinski definition) is 1. The van der Waals surface area contributed by atoms with Gasteiger partial charge >= 0.3 is 0 Å². The summed E-state index contributed by atoms with van der Waals surface area (Å²) in [6.07, 6.45) is 6.14. The molecule has 98 valence electrons. The highest BCUT2D eigenvalue weighted by Gasteiger charge is 1.99. The summed E-state index contributed by atoms with van der Waals surface area (Å²) in [6.45, 7) is 2.17. The lowest BCUT2D eigenvalue weighted by atomic mass is 10.0. The fraction of sp³-hybridized carbons (Fsp3) is 0.222. The summed E-state index contributed by atoms with van der Waals surface area (Å²) in [4.78, 5) is 0. The van der Waals surface area contributed by atoms with Gasteiger partial charge in [0.05, 0.1) is 0 Å². The van der Waals surface area contributed by atoms with Crippen LogP contribution in [0.1, 0.15) is 23.6 Å². The lowest BCUT2D eigenvalue weighted by Crippen LogP contribution is -2.19.